The van der Waals surface area contributed by atoms with E-state index in [9.17, 15) is 14.4 Å². The van der Waals surface area contributed by atoms with Gasteiger partial charge >= 0.3 is 17.9 Å². The number of hydrogen-bond donors (Lipinski definition) is 0. The highest BCUT2D eigenvalue weighted by molar-refractivity contribution is 5.71. The van der Waals surface area contributed by atoms with Crippen molar-refractivity contribution in [2.45, 2.75) is 406 Å². The lowest BCUT2D eigenvalue weighted by atomic mass is 10.0. The van der Waals surface area contributed by atoms with Crippen molar-refractivity contribution in [2.75, 3.05) is 13.2 Å². The van der Waals surface area contributed by atoms with Gasteiger partial charge in [-0.15, -0.1) is 0 Å². The minimum Gasteiger partial charge on any atom is -0.462 e. The second-order valence-electron chi connectivity index (χ2n) is 23.5. The molecule has 1 atom stereocenters. The standard InChI is InChI=1S/C68H132O6/c1-4-7-10-13-16-19-22-25-28-30-32-33-34-35-36-37-39-40-43-46-49-52-55-58-61-67(70)73-64-65(63-72-66(69)60-57-54-51-48-45-42-27-24-21-18-15-12-9-6-3)74-68(71)62-59-56-53-50-47-44-41-38-31-29-26-23-20-17-14-11-8-5-2/h65H,4-64H2,1-3H3. The third kappa shape index (κ3) is 61.3. The Balaban J connectivity index is 4.21. The molecule has 0 aliphatic rings. The molecule has 0 amide bonds. The molecule has 0 rings (SSSR count). The second-order valence-corrected chi connectivity index (χ2v) is 23.5. The lowest BCUT2D eigenvalue weighted by molar-refractivity contribution is -0.167. The third-order valence-corrected chi connectivity index (χ3v) is 15.9. The van der Waals surface area contributed by atoms with Crippen molar-refractivity contribution in [3.63, 3.8) is 0 Å². The Kier molecular flexibility index (Phi) is 62.6. The smallest absolute Gasteiger partial charge is 0.306 e. The van der Waals surface area contributed by atoms with Gasteiger partial charge in [0.2, 0.25) is 0 Å². The van der Waals surface area contributed by atoms with Gasteiger partial charge in [0.05, 0.1) is 0 Å². The molecule has 440 valence electrons. The summed E-state index contributed by atoms with van der Waals surface area (Å²) in [7, 11) is 0. The van der Waals surface area contributed by atoms with E-state index in [-0.39, 0.29) is 31.1 Å². The van der Waals surface area contributed by atoms with Gasteiger partial charge in [0.1, 0.15) is 13.2 Å². The van der Waals surface area contributed by atoms with Crippen LogP contribution in [-0.4, -0.2) is 37.2 Å². The van der Waals surface area contributed by atoms with Crippen molar-refractivity contribution in [3.8, 4) is 0 Å². The molecule has 6 nitrogen and oxygen atoms in total. The molecule has 0 heterocycles. The molecule has 0 aliphatic carbocycles. The zero-order valence-corrected chi connectivity index (χ0v) is 50.7. The summed E-state index contributed by atoms with van der Waals surface area (Å²) in [5.74, 6) is -0.822. The Bertz CT molecular complexity index is 1110. The van der Waals surface area contributed by atoms with E-state index in [0.717, 1.165) is 57.8 Å². The first kappa shape index (κ1) is 72.4. The fourth-order valence-corrected chi connectivity index (χ4v) is 10.7. The molecule has 74 heavy (non-hydrogen) atoms. The maximum absolute atomic E-state index is 12.9. The SMILES string of the molecule is CCCCCCCCCCCCCCCCCCCCCCCCCCC(=O)OCC(COC(=O)CCCCCCCCCCCCCCCC)OC(=O)CCCCCCCCCCCCCCCCCCCC. The van der Waals surface area contributed by atoms with Gasteiger partial charge in [-0.25, -0.2) is 0 Å². The molecular weight excluding hydrogens is 913 g/mol. The molecule has 1 unspecified atom stereocenters. The molecule has 0 bridgehead atoms. The normalized spacial score (nSPS) is 11.9. The minimum absolute atomic E-state index is 0.0603. The summed E-state index contributed by atoms with van der Waals surface area (Å²) in [4.78, 5) is 38.4. The van der Waals surface area contributed by atoms with Crippen LogP contribution in [0.1, 0.15) is 400 Å². The Hall–Kier alpha value is -1.59. The van der Waals surface area contributed by atoms with Crippen molar-refractivity contribution in [3.05, 3.63) is 0 Å². The zero-order valence-electron chi connectivity index (χ0n) is 50.7. The van der Waals surface area contributed by atoms with Crippen LogP contribution in [-0.2, 0) is 28.6 Å². The summed E-state index contributed by atoms with van der Waals surface area (Å²) < 4.78 is 17.0. The molecule has 0 aromatic heterocycles. The van der Waals surface area contributed by atoms with Crippen LogP contribution in [0.3, 0.4) is 0 Å². The van der Waals surface area contributed by atoms with Gasteiger partial charge in [0.15, 0.2) is 6.10 Å². The maximum atomic E-state index is 12.9. The molecular formula is C68H132O6. The van der Waals surface area contributed by atoms with Crippen LogP contribution in [0, 0.1) is 0 Å². The zero-order chi connectivity index (χ0) is 53.6. The highest BCUT2D eigenvalue weighted by Crippen LogP contribution is 2.19. The van der Waals surface area contributed by atoms with E-state index in [1.165, 1.54) is 302 Å². The summed E-state index contributed by atoms with van der Waals surface area (Å²) in [5, 5.41) is 0. The van der Waals surface area contributed by atoms with E-state index in [1.54, 1.807) is 0 Å². The molecule has 0 saturated heterocycles. The van der Waals surface area contributed by atoms with Gasteiger partial charge < -0.3 is 14.2 Å². The lowest BCUT2D eigenvalue weighted by Gasteiger charge is -2.18. The molecule has 6 heteroatoms. The van der Waals surface area contributed by atoms with Gasteiger partial charge in [-0.3, -0.25) is 14.4 Å². The Labute approximate surface area is 463 Å². The maximum Gasteiger partial charge on any atom is 0.306 e. The predicted molar refractivity (Wildman–Crippen MR) is 321 cm³/mol. The molecule has 0 N–H and O–H groups in total. The van der Waals surface area contributed by atoms with Crippen LogP contribution in [0.5, 0.6) is 0 Å². The average molecular weight is 1050 g/mol. The van der Waals surface area contributed by atoms with Crippen molar-refractivity contribution >= 4 is 17.9 Å². The fraction of sp³-hybridized carbons (Fsp3) is 0.956. The summed E-state index contributed by atoms with van der Waals surface area (Å²) in [6.07, 6.45) is 74.1. The summed E-state index contributed by atoms with van der Waals surface area (Å²) in [6.45, 7) is 6.74. The molecule has 0 radical (unpaired) electrons. The third-order valence-electron chi connectivity index (χ3n) is 15.9. The number of ether oxygens (including phenoxy) is 3. The van der Waals surface area contributed by atoms with Gasteiger partial charge in [-0.05, 0) is 19.3 Å². The number of carbonyl (C=O) groups excluding carboxylic acids is 3. The first-order valence-electron chi connectivity index (χ1n) is 34.0. The van der Waals surface area contributed by atoms with E-state index in [2.05, 4.69) is 20.8 Å². The number of hydrogen-bond acceptors (Lipinski definition) is 6. The van der Waals surface area contributed by atoms with Crippen LogP contribution < -0.4 is 0 Å². The van der Waals surface area contributed by atoms with Crippen LogP contribution in [0.25, 0.3) is 0 Å². The Morgan fingerprint density at radius 1 is 0.216 bits per heavy atom. The van der Waals surface area contributed by atoms with Gasteiger partial charge in [-0.1, -0.05) is 361 Å². The van der Waals surface area contributed by atoms with E-state index in [1.807, 2.05) is 0 Å². The molecule has 0 fully saturated rings. The van der Waals surface area contributed by atoms with Crippen molar-refractivity contribution in [1.82, 2.24) is 0 Å². The highest BCUT2D eigenvalue weighted by Gasteiger charge is 2.19. The summed E-state index contributed by atoms with van der Waals surface area (Å²) >= 11 is 0. The number of unbranched alkanes of at least 4 members (excludes halogenated alkanes) is 53. The van der Waals surface area contributed by atoms with Crippen molar-refractivity contribution < 1.29 is 28.6 Å². The van der Waals surface area contributed by atoms with E-state index in [0.29, 0.717) is 19.3 Å². The van der Waals surface area contributed by atoms with Crippen molar-refractivity contribution in [1.29, 1.82) is 0 Å². The summed E-state index contributed by atoms with van der Waals surface area (Å²) in [6, 6.07) is 0. The van der Waals surface area contributed by atoms with Crippen LogP contribution >= 0.6 is 0 Å². The molecule has 0 saturated carbocycles. The number of rotatable bonds is 64. The predicted octanol–water partition coefficient (Wildman–Crippen LogP) is 23.1. The van der Waals surface area contributed by atoms with E-state index >= 15 is 0 Å². The van der Waals surface area contributed by atoms with Crippen LogP contribution in [0.4, 0.5) is 0 Å². The quantitative estimate of drug-likeness (QED) is 0.0343. The molecule has 0 aromatic rings. The largest absolute Gasteiger partial charge is 0.462 e. The van der Waals surface area contributed by atoms with Crippen LogP contribution in [0.2, 0.25) is 0 Å². The molecule has 0 aromatic carbocycles. The lowest BCUT2D eigenvalue weighted by Crippen LogP contribution is -2.30. The number of carbonyl (C=O) groups is 3. The fourth-order valence-electron chi connectivity index (χ4n) is 10.7. The first-order chi connectivity index (χ1) is 36.5. The summed E-state index contributed by atoms with van der Waals surface area (Å²) in [5.41, 5.74) is 0. The van der Waals surface area contributed by atoms with Gasteiger partial charge in [0.25, 0.3) is 0 Å². The first-order valence-corrected chi connectivity index (χ1v) is 34.0. The highest BCUT2D eigenvalue weighted by atomic mass is 16.6. The minimum atomic E-state index is -0.762. The van der Waals surface area contributed by atoms with Gasteiger partial charge in [-0.2, -0.15) is 0 Å². The number of esters is 3. The van der Waals surface area contributed by atoms with Crippen LogP contribution in [0.15, 0.2) is 0 Å². The molecule has 0 spiro atoms. The topological polar surface area (TPSA) is 78.9 Å². The van der Waals surface area contributed by atoms with E-state index < -0.39 is 6.10 Å². The van der Waals surface area contributed by atoms with Gasteiger partial charge in [0, 0.05) is 19.3 Å². The Morgan fingerprint density at radius 2 is 0.365 bits per heavy atom. The second kappa shape index (κ2) is 63.9. The Morgan fingerprint density at radius 3 is 0.541 bits per heavy atom. The monoisotopic (exact) mass is 1050 g/mol. The van der Waals surface area contributed by atoms with Crippen molar-refractivity contribution in [2.24, 2.45) is 0 Å². The molecule has 0 aliphatic heterocycles. The average Bonchev–Trinajstić information content (AvgIpc) is 3.40. The van der Waals surface area contributed by atoms with E-state index in [4.69, 9.17) is 14.2 Å².